The molecule has 0 aliphatic carbocycles. The van der Waals surface area contributed by atoms with Crippen molar-refractivity contribution in [1.29, 1.82) is 0 Å². The molecule has 0 bridgehead atoms. The SMILES string of the molecule is O=C(CN1CCC[C@@H](Cc2nc3ccc(F)cc3[nH]2)C1)NCc1ccccn1. The highest BCUT2D eigenvalue weighted by Crippen LogP contribution is 2.21. The summed E-state index contributed by atoms with van der Waals surface area (Å²) in [6.07, 6.45) is 4.70. The molecule has 28 heavy (non-hydrogen) atoms. The summed E-state index contributed by atoms with van der Waals surface area (Å²) in [5, 5.41) is 2.94. The number of fused-ring (bicyclic) bond motifs is 1. The quantitative estimate of drug-likeness (QED) is 0.689. The number of imidazole rings is 1. The minimum Gasteiger partial charge on any atom is -0.349 e. The molecule has 146 valence electrons. The molecule has 2 N–H and O–H groups in total. The van der Waals surface area contributed by atoms with Crippen LogP contribution in [0.5, 0.6) is 0 Å². The van der Waals surface area contributed by atoms with Crippen molar-refractivity contribution >= 4 is 16.9 Å². The second-order valence-corrected chi connectivity index (χ2v) is 7.39. The Morgan fingerprint density at radius 2 is 2.25 bits per heavy atom. The van der Waals surface area contributed by atoms with E-state index >= 15 is 0 Å². The number of rotatable bonds is 6. The van der Waals surface area contributed by atoms with Gasteiger partial charge in [0.25, 0.3) is 0 Å². The van der Waals surface area contributed by atoms with Crippen molar-refractivity contribution in [3.8, 4) is 0 Å². The Labute approximate surface area is 163 Å². The molecule has 1 fully saturated rings. The van der Waals surface area contributed by atoms with Gasteiger partial charge in [-0.25, -0.2) is 9.37 Å². The number of aromatic amines is 1. The van der Waals surface area contributed by atoms with Gasteiger partial charge < -0.3 is 10.3 Å². The Bertz CT molecular complexity index is 942. The van der Waals surface area contributed by atoms with Gasteiger partial charge in [-0.2, -0.15) is 0 Å². The molecule has 7 heteroatoms. The lowest BCUT2D eigenvalue weighted by molar-refractivity contribution is -0.122. The smallest absolute Gasteiger partial charge is 0.234 e. The molecule has 3 aromatic rings. The van der Waals surface area contributed by atoms with Crippen LogP contribution in [-0.2, 0) is 17.8 Å². The van der Waals surface area contributed by atoms with Gasteiger partial charge in [-0.05, 0) is 55.6 Å². The average molecular weight is 381 g/mol. The average Bonchev–Trinajstić information content (AvgIpc) is 3.09. The van der Waals surface area contributed by atoms with E-state index in [1.165, 1.54) is 12.1 Å². The zero-order valence-corrected chi connectivity index (χ0v) is 15.7. The number of hydrogen-bond acceptors (Lipinski definition) is 4. The van der Waals surface area contributed by atoms with E-state index in [2.05, 4.69) is 25.2 Å². The fraction of sp³-hybridized carbons (Fsp3) is 0.381. The lowest BCUT2D eigenvalue weighted by Crippen LogP contribution is -2.42. The van der Waals surface area contributed by atoms with Gasteiger partial charge in [-0.1, -0.05) is 6.07 Å². The predicted octanol–water partition coefficient (Wildman–Crippen LogP) is 2.67. The molecule has 1 aliphatic rings. The van der Waals surface area contributed by atoms with Crippen molar-refractivity contribution in [3.05, 3.63) is 59.9 Å². The summed E-state index contributed by atoms with van der Waals surface area (Å²) in [5.41, 5.74) is 2.38. The minimum atomic E-state index is -0.261. The number of aromatic nitrogens is 3. The summed E-state index contributed by atoms with van der Waals surface area (Å²) < 4.78 is 13.4. The van der Waals surface area contributed by atoms with Gasteiger partial charge in [0, 0.05) is 19.2 Å². The van der Waals surface area contributed by atoms with Crippen molar-refractivity contribution in [2.24, 2.45) is 5.92 Å². The van der Waals surface area contributed by atoms with Gasteiger partial charge in [0.2, 0.25) is 5.91 Å². The number of H-pyrrole nitrogens is 1. The standard InChI is InChI=1S/C21H24FN5O/c22-16-6-7-18-19(11-16)26-20(25-18)10-15-4-3-9-27(13-15)14-21(28)24-12-17-5-1-2-8-23-17/h1-2,5-8,11,15H,3-4,9-10,12-14H2,(H,24,28)(H,25,26)/t15-/m0/s1. The van der Waals surface area contributed by atoms with Crippen LogP contribution in [-0.4, -0.2) is 45.4 Å². The van der Waals surface area contributed by atoms with Crippen molar-refractivity contribution in [2.75, 3.05) is 19.6 Å². The molecule has 1 atom stereocenters. The monoisotopic (exact) mass is 381 g/mol. The highest BCUT2D eigenvalue weighted by atomic mass is 19.1. The summed E-state index contributed by atoms with van der Waals surface area (Å²) in [6.45, 7) is 2.64. The summed E-state index contributed by atoms with van der Waals surface area (Å²) >= 11 is 0. The first-order valence-corrected chi connectivity index (χ1v) is 9.69. The number of carbonyl (C=O) groups is 1. The van der Waals surface area contributed by atoms with Gasteiger partial charge in [0.05, 0.1) is 29.8 Å². The molecular formula is C21H24FN5O. The largest absolute Gasteiger partial charge is 0.349 e. The Morgan fingerprint density at radius 1 is 1.32 bits per heavy atom. The van der Waals surface area contributed by atoms with Crippen molar-refractivity contribution < 1.29 is 9.18 Å². The highest BCUT2D eigenvalue weighted by molar-refractivity contribution is 5.78. The number of piperidine rings is 1. The van der Waals surface area contributed by atoms with Crippen LogP contribution in [0.2, 0.25) is 0 Å². The van der Waals surface area contributed by atoms with Crippen molar-refractivity contribution in [3.63, 3.8) is 0 Å². The number of hydrogen-bond donors (Lipinski definition) is 2. The maximum Gasteiger partial charge on any atom is 0.234 e. The Balaban J connectivity index is 1.29. The Hall–Kier alpha value is -2.80. The third-order valence-electron chi connectivity index (χ3n) is 5.14. The molecule has 4 rings (SSSR count). The second kappa shape index (κ2) is 8.48. The third kappa shape index (κ3) is 4.72. The molecule has 2 aromatic heterocycles. The van der Waals surface area contributed by atoms with Gasteiger partial charge in [-0.3, -0.25) is 14.7 Å². The second-order valence-electron chi connectivity index (χ2n) is 7.39. The van der Waals surface area contributed by atoms with Crippen molar-refractivity contribution in [1.82, 2.24) is 25.2 Å². The van der Waals surface area contributed by atoms with Crippen LogP contribution in [0.25, 0.3) is 11.0 Å². The van der Waals surface area contributed by atoms with Crippen LogP contribution in [0, 0.1) is 11.7 Å². The molecule has 1 aromatic carbocycles. The summed E-state index contributed by atoms with van der Waals surface area (Å²) in [5.74, 6) is 1.07. The number of nitrogens with zero attached hydrogens (tertiary/aromatic N) is 3. The molecule has 0 saturated carbocycles. The molecule has 0 radical (unpaired) electrons. The summed E-state index contributed by atoms with van der Waals surface area (Å²) in [4.78, 5) is 26.5. The minimum absolute atomic E-state index is 0.0190. The van der Waals surface area contributed by atoms with Crippen LogP contribution in [0.4, 0.5) is 4.39 Å². The zero-order chi connectivity index (χ0) is 19.3. The lowest BCUT2D eigenvalue weighted by Gasteiger charge is -2.31. The van der Waals surface area contributed by atoms with E-state index in [1.807, 2.05) is 18.2 Å². The maximum atomic E-state index is 13.4. The fourth-order valence-corrected chi connectivity index (χ4v) is 3.82. The van der Waals surface area contributed by atoms with Gasteiger partial charge in [-0.15, -0.1) is 0 Å². The van der Waals surface area contributed by atoms with Gasteiger partial charge in [0.15, 0.2) is 0 Å². The topological polar surface area (TPSA) is 73.9 Å². The van der Waals surface area contributed by atoms with E-state index in [9.17, 15) is 9.18 Å². The number of nitrogens with one attached hydrogen (secondary N) is 2. The molecule has 6 nitrogen and oxygen atoms in total. The third-order valence-corrected chi connectivity index (χ3v) is 5.14. The van der Waals surface area contributed by atoms with E-state index in [1.54, 1.807) is 12.3 Å². The number of benzene rings is 1. The summed E-state index contributed by atoms with van der Waals surface area (Å²) in [6, 6.07) is 10.3. The van der Waals surface area contributed by atoms with Crippen molar-refractivity contribution in [2.45, 2.75) is 25.8 Å². The van der Waals surface area contributed by atoms with E-state index in [4.69, 9.17) is 0 Å². The number of amides is 1. The van der Waals surface area contributed by atoms with Crippen LogP contribution in [0.1, 0.15) is 24.4 Å². The normalized spacial score (nSPS) is 17.7. The zero-order valence-electron chi connectivity index (χ0n) is 15.7. The van der Waals surface area contributed by atoms with Crippen LogP contribution >= 0.6 is 0 Å². The van der Waals surface area contributed by atoms with Gasteiger partial charge >= 0.3 is 0 Å². The predicted molar refractivity (Wildman–Crippen MR) is 105 cm³/mol. The molecule has 1 aliphatic heterocycles. The molecule has 1 amide bonds. The number of likely N-dealkylation sites (tertiary alicyclic amines) is 1. The van der Waals surface area contributed by atoms with Crippen LogP contribution in [0.3, 0.4) is 0 Å². The first kappa shape index (κ1) is 18.6. The molecule has 1 saturated heterocycles. The number of pyridine rings is 1. The van der Waals surface area contributed by atoms with Crippen LogP contribution in [0.15, 0.2) is 42.6 Å². The van der Waals surface area contributed by atoms with E-state index < -0.39 is 0 Å². The maximum absolute atomic E-state index is 13.4. The number of halogens is 1. The first-order valence-electron chi connectivity index (χ1n) is 9.69. The van der Waals surface area contributed by atoms with E-state index in [0.717, 1.165) is 54.9 Å². The molecular weight excluding hydrogens is 357 g/mol. The molecule has 3 heterocycles. The first-order chi connectivity index (χ1) is 13.7. The number of carbonyl (C=O) groups excluding carboxylic acids is 1. The van der Waals surface area contributed by atoms with E-state index in [0.29, 0.717) is 19.0 Å². The Kier molecular flexibility index (Phi) is 5.62. The highest BCUT2D eigenvalue weighted by Gasteiger charge is 2.23. The van der Waals surface area contributed by atoms with Gasteiger partial charge in [0.1, 0.15) is 11.6 Å². The summed E-state index contributed by atoms with van der Waals surface area (Å²) in [7, 11) is 0. The van der Waals surface area contributed by atoms with Crippen LogP contribution < -0.4 is 5.32 Å². The fourth-order valence-electron chi connectivity index (χ4n) is 3.82. The van der Waals surface area contributed by atoms with E-state index in [-0.39, 0.29) is 11.7 Å². The lowest BCUT2D eigenvalue weighted by atomic mass is 9.94. The molecule has 0 unspecified atom stereocenters. The Morgan fingerprint density at radius 3 is 3.11 bits per heavy atom. The molecule has 0 spiro atoms.